The van der Waals surface area contributed by atoms with Gasteiger partial charge in [-0.2, -0.15) is 0 Å². The third kappa shape index (κ3) is 3.32. The van der Waals surface area contributed by atoms with Crippen LogP contribution in [0.15, 0.2) is 29.6 Å². The Labute approximate surface area is 124 Å². The number of carboxylic acids is 1. The first-order valence-electron chi connectivity index (χ1n) is 5.90. The van der Waals surface area contributed by atoms with E-state index in [0.717, 1.165) is 0 Å². The van der Waals surface area contributed by atoms with Crippen molar-refractivity contribution in [1.82, 2.24) is 0 Å². The van der Waals surface area contributed by atoms with Gasteiger partial charge in [0.1, 0.15) is 11.5 Å². The van der Waals surface area contributed by atoms with Crippen LogP contribution in [0.1, 0.15) is 20.0 Å². The molecule has 110 valence electrons. The second kappa shape index (κ2) is 6.27. The SMILES string of the molecule is COc1csc(C(=O)Nc2ccc(OC)cc2C(=O)O)c1. The van der Waals surface area contributed by atoms with Gasteiger partial charge in [0.15, 0.2) is 0 Å². The molecule has 1 amide bonds. The smallest absolute Gasteiger partial charge is 0.337 e. The highest BCUT2D eigenvalue weighted by Crippen LogP contribution is 2.25. The molecule has 2 N–H and O–H groups in total. The van der Waals surface area contributed by atoms with Gasteiger partial charge >= 0.3 is 5.97 Å². The van der Waals surface area contributed by atoms with Gasteiger partial charge in [-0.3, -0.25) is 4.79 Å². The van der Waals surface area contributed by atoms with Gasteiger partial charge in [-0.1, -0.05) is 0 Å². The summed E-state index contributed by atoms with van der Waals surface area (Å²) in [5.41, 5.74) is 0.173. The maximum atomic E-state index is 12.1. The van der Waals surface area contributed by atoms with Crippen molar-refractivity contribution in [3.8, 4) is 11.5 Å². The molecule has 0 aliphatic carbocycles. The van der Waals surface area contributed by atoms with Gasteiger partial charge in [-0.25, -0.2) is 4.79 Å². The van der Waals surface area contributed by atoms with Gasteiger partial charge in [0.2, 0.25) is 0 Å². The highest BCUT2D eigenvalue weighted by molar-refractivity contribution is 7.12. The number of benzene rings is 1. The number of aromatic carboxylic acids is 1. The van der Waals surface area contributed by atoms with E-state index in [1.807, 2.05) is 0 Å². The third-order valence-electron chi connectivity index (χ3n) is 2.74. The van der Waals surface area contributed by atoms with Gasteiger partial charge < -0.3 is 19.9 Å². The first kappa shape index (κ1) is 14.9. The molecule has 0 spiro atoms. The lowest BCUT2D eigenvalue weighted by atomic mass is 10.1. The van der Waals surface area contributed by atoms with Gasteiger partial charge in [0.25, 0.3) is 5.91 Å². The minimum atomic E-state index is -1.15. The summed E-state index contributed by atoms with van der Waals surface area (Å²) in [4.78, 5) is 23.8. The van der Waals surface area contributed by atoms with Crippen molar-refractivity contribution < 1.29 is 24.2 Å². The molecule has 1 aromatic carbocycles. The van der Waals surface area contributed by atoms with Gasteiger partial charge in [-0.05, 0) is 18.2 Å². The number of nitrogens with one attached hydrogen (secondary N) is 1. The molecule has 6 nitrogen and oxygen atoms in total. The quantitative estimate of drug-likeness (QED) is 0.887. The van der Waals surface area contributed by atoms with Crippen LogP contribution in [0.5, 0.6) is 11.5 Å². The average molecular weight is 307 g/mol. The standard InChI is InChI=1S/C14H13NO5S/c1-19-8-3-4-11(10(5-8)14(17)18)15-13(16)12-6-9(20-2)7-21-12/h3-7H,1-2H3,(H,15,16)(H,17,18). The van der Waals surface area contributed by atoms with E-state index in [1.54, 1.807) is 17.5 Å². The van der Waals surface area contributed by atoms with Gasteiger partial charge in [0.05, 0.1) is 30.3 Å². The van der Waals surface area contributed by atoms with Crippen molar-refractivity contribution in [3.05, 3.63) is 40.1 Å². The van der Waals surface area contributed by atoms with E-state index in [0.29, 0.717) is 16.4 Å². The Morgan fingerprint density at radius 1 is 1.14 bits per heavy atom. The third-order valence-corrected chi connectivity index (χ3v) is 3.65. The first-order chi connectivity index (χ1) is 10.0. The summed E-state index contributed by atoms with van der Waals surface area (Å²) < 4.78 is 9.98. The summed E-state index contributed by atoms with van der Waals surface area (Å²) >= 11 is 1.21. The molecule has 0 aliphatic rings. The largest absolute Gasteiger partial charge is 0.497 e. The zero-order valence-electron chi connectivity index (χ0n) is 11.4. The normalized spacial score (nSPS) is 10.0. The Morgan fingerprint density at radius 3 is 2.43 bits per heavy atom. The number of carbonyl (C=O) groups is 2. The Morgan fingerprint density at radius 2 is 1.86 bits per heavy atom. The minimum Gasteiger partial charge on any atom is -0.497 e. The molecule has 1 heterocycles. The summed E-state index contributed by atoms with van der Waals surface area (Å²) in [7, 11) is 2.95. The Balaban J connectivity index is 2.26. The number of anilines is 1. The summed E-state index contributed by atoms with van der Waals surface area (Å²) in [6, 6.07) is 6.01. The fourth-order valence-corrected chi connectivity index (χ4v) is 2.41. The topological polar surface area (TPSA) is 84.9 Å². The summed E-state index contributed by atoms with van der Waals surface area (Å²) in [5, 5.41) is 13.5. The Bertz CT molecular complexity index is 680. The number of hydrogen-bond donors (Lipinski definition) is 2. The molecule has 7 heteroatoms. The van der Waals surface area contributed by atoms with Gasteiger partial charge in [0, 0.05) is 11.4 Å². The molecular formula is C14H13NO5S. The van der Waals surface area contributed by atoms with E-state index in [1.165, 1.54) is 37.7 Å². The zero-order chi connectivity index (χ0) is 15.4. The molecule has 0 saturated carbocycles. The number of rotatable bonds is 5. The van der Waals surface area contributed by atoms with Crippen LogP contribution in [0, 0.1) is 0 Å². The van der Waals surface area contributed by atoms with E-state index in [-0.39, 0.29) is 11.3 Å². The first-order valence-corrected chi connectivity index (χ1v) is 6.78. The predicted molar refractivity (Wildman–Crippen MR) is 78.8 cm³/mol. The molecule has 2 aromatic rings. The van der Waals surface area contributed by atoms with Crippen LogP contribution in [0.3, 0.4) is 0 Å². The molecule has 0 bridgehead atoms. The highest BCUT2D eigenvalue weighted by atomic mass is 32.1. The van der Waals surface area contributed by atoms with Crippen molar-refractivity contribution in [2.45, 2.75) is 0 Å². The fraction of sp³-hybridized carbons (Fsp3) is 0.143. The number of carbonyl (C=O) groups excluding carboxylic acids is 1. The van der Waals surface area contributed by atoms with Crippen LogP contribution < -0.4 is 14.8 Å². The molecule has 1 aromatic heterocycles. The van der Waals surface area contributed by atoms with E-state index >= 15 is 0 Å². The number of hydrogen-bond acceptors (Lipinski definition) is 5. The van der Waals surface area contributed by atoms with Gasteiger partial charge in [-0.15, -0.1) is 11.3 Å². The molecule has 0 unspecified atom stereocenters. The number of carboxylic acid groups (broad SMARTS) is 1. The Kier molecular flexibility index (Phi) is 4.44. The molecule has 0 saturated heterocycles. The van der Waals surface area contributed by atoms with Crippen LogP contribution in [-0.2, 0) is 0 Å². The Hall–Kier alpha value is -2.54. The second-order valence-corrected chi connectivity index (χ2v) is 4.93. The highest BCUT2D eigenvalue weighted by Gasteiger charge is 2.16. The van der Waals surface area contributed by atoms with E-state index in [2.05, 4.69) is 5.32 Å². The molecular weight excluding hydrogens is 294 g/mol. The van der Waals surface area contributed by atoms with E-state index < -0.39 is 11.9 Å². The minimum absolute atomic E-state index is 0.0359. The summed E-state index contributed by atoms with van der Waals surface area (Å²) in [6.07, 6.45) is 0. The van der Waals surface area contributed by atoms with Crippen molar-refractivity contribution in [2.24, 2.45) is 0 Å². The zero-order valence-corrected chi connectivity index (χ0v) is 12.2. The lowest BCUT2D eigenvalue weighted by Crippen LogP contribution is -2.13. The monoisotopic (exact) mass is 307 g/mol. The predicted octanol–water partition coefficient (Wildman–Crippen LogP) is 2.72. The summed E-state index contributed by atoms with van der Waals surface area (Å²) in [5.74, 6) is -0.551. The van der Waals surface area contributed by atoms with Crippen molar-refractivity contribution in [2.75, 3.05) is 19.5 Å². The van der Waals surface area contributed by atoms with Crippen LogP contribution in [0.4, 0.5) is 5.69 Å². The van der Waals surface area contributed by atoms with Crippen LogP contribution in [0.2, 0.25) is 0 Å². The molecule has 0 fully saturated rings. The lowest BCUT2D eigenvalue weighted by Gasteiger charge is -2.09. The molecule has 0 atom stereocenters. The number of ether oxygens (including phenoxy) is 2. The fourth-order valence-electron chi connectivity index (χ4n) is 1.67. The molecule has 0 aliphatic heterocycles. The lowest BCUT2D eigenvalue weighted by molar-refractivity contribution is 0.0697. The van der Waals surface area contributed by atoms with Crippen molar-refractivity contribution >= 4 is 28.9 Å². The van der Waals surface area contributed by atoms with Crippen molar-refractivity contribution in [3.63, 3.8) is 0 Å². The summed E-state index contributed by atoms with van der Waals surface area (Å²) in [6.45, 7) is 0. The number of methoxy groups -OCH3 is 2. The second-order valence-electron chi connectivity index (χ2n) is 4.02. The molecule has 0 radical (unpaired) electrons. The average Bonchev–Trinajstić information content (AvgIpc) is 2.96. The van der Waals surface area contributed by atoms with Crippen LogP contribution in [0.25, 0.3) is 0 Å². The maximum absolute atomic E-state index is 12.1. The van der Waals surface area contributed by atoms with E-state index in [4.69, 9.17) is 9.47 Å². The van der Waals surface area contributed by atoms with Crippen LogP contribution in [-0.4, -0.2) is 31.2 Å². The molecule has 21 heavy (non-hydrogen) atoms. The number of thiophene rings is 1. The number of amides is 1. The van der Waals surface area contributed by atoms with Crippen molar-refractivity contribution in [1.29, 1.82) is 0 Å². The van der Waals surface area contributed by atoms with Crippen LogP contribution >= 0.6 is 11.3 Å². The molecule has 2 rings (SSSR count). The van der Waals surface area contributed by atoms with E-state index in [9.17, 15) is 14.7 Å². The maximum Gasteiger partial charge on any atom is 0.337 e.